The van der Waals surface area contributed by atoms with Gasteiger partial charge in [0.1, 0.15) is 0 Å². The van der Waals surface area contributed by atoms with Crippen LogP contribution < -0.4 is 0 Å². The van der Waals surface area contributed by atoms with Crippen LogP contribution in [-0.4, -0.2) is 16.4 Å². The van der Waals surface area contributed by atoms with Crippen LogP contribution in [0.25, 0.3) is 0 Å². The van der Waals surface area contributed by atoms with Gasteiger partial charge in [-0.05, 0) is 50.2 Å². The Bertz CT molecular complexity index is 917. The minimum Gasteiger partial charge on any atom is -0.250 e. The van der Waals surface area contributed by atoms with Gasteiger partial charge < -0.3 is 0 Å². The summed E-state index contributed by atoms with van der Waals surface area (Å²) in [6.45, 7) is 3.83. The van der Waals surface area contributed by atoms with Crippen LogP contribution in [0.1, 0.15) is 25.2 Å². The number of hydrogen-bond donors (Lipinski definition) is 0. The van der Waals surface area contributed by atoms with Crippen LogP contribution in [0.15, 0.2) is 76.7 Å². The van der Waals surface area contributed by atoms with Gasteiger partial charge in [0.15, 0.2) is 0 Å². The Kier molecular flexibility index (Phi) is 5.82. The molecule has 0 saturated carbocycles. The molecule has 0 fully saturated rings. The number of aromatic nitrogens is 1. The van der Waals surface area contributed by atoms with Gasteiger partial charge in [-0.2, -0.15) is 0 Å². The molecule has 0 N–H and O–H groups in total. The number of aliphatic imine (C=N–C) groups is 2. The van der Waals surface area contributed by atoms with Gasteiger partial charge in [0.25, 0.3) is 0 Å². The van der Waals surface area contributed by atoms with E-state index in [-0.39, 0.29) is 0 Å². The molecular weight excluding hydrogens is 365 g/mol. The molecule has 130 valence electrons. The van der Waals surface area contributed by atoms with Crippen LogP contribution in [-0.2, 0) is 0 Å². The molecule has 1 heterocycles. The molecule has 0 amide bonds. The van der Waals surface area contributed by atoms with Crippen LogP contribution in [0.3, 0.4) is 0 Å². The summed E-state index contributed by atoms with van der Waals surface area (Å²) in [6.07, 6.45) is 0. The topological polar surface area (TPSA) is 37.6 Å². The third kappa shape index (κ3) is 4.37. The largest absolute Gasteiger partial charge is 0.250 e. The van der Waals surface area contributed by atoms with Crippen molar-refractivity contribution in [1.82, 2.24) is 4.98 Å². The first kappa shape index (κ1) is 18.3. The molecule has 0 aliphatic rings. The monoisotopic (exact) mass is 381 g/mol. The number of halogens is 2. The summed E-state index contributed by atoms with van der Waals surface area (Å²) >= 11 is 12.4. The zero-order valence-corrected chi connectivity index (χ0v) is 16.0. The molecule has 2 aromatic carbocycles. The molecule has 3 nitrogen and oxygen atoms in total. The molecule has 3 aromatic rings. The zero-order chi connectivity index (χ0) is 18.5. The van der Waals surface area contributed by atoms with Crippen molar-refractivity contribution in [3.8, 4) is 0 Å². The summed E-state index contributed by atoms with van der Waals surface area (Å²) in [4.78, 5) is 13.9. The summed E-state index contributed by atoms with van der Waals surface area (Å²) in [6, 6.07) is 20.7. The van der Waals surface area contributed by atoms with E-state index in [1.54, 1.807) is 0 Å². The van der Waals surface area contributed by atoms with Gasteiger partial charge in [-0.25, -0.2) is 15.0 Å². The molecule has 0 radical (unpaired) electrons. The van der Waals surface area contributed by atoms with E-state index in [1.165, 1.54) is 0 Å². The van der Waals surface area contributed by atoms with Crippen molar-refractivity contribution in [2.75, 3.05) is 0 Å². The molecule has 1 aromatic heterocycles. The lowest BCUT2D eigenvalue weighted by Gasteiger charge is -2.06. The molecule has 0 unspecified atom stereocenters. The predicted octanol–water partition coefficient (Wildman–Crippen LogP) is 6.67. The van der Waals surface area contributed by atoms with Gasteiger partial charge in [0, 0.05) is 0 Å². The molecule has 5 heteroatoms. The fraction of sp³-hybridized carbons (Fsp3) is 0.0952. The SMILES string of the molecule is C/C(=N\c1ccccc1Cl)c1cccc(/C(C)=N/c2ccccc2Cl)n1. The van der Waals surface area contributed by atoms with Crippen molar-refractivity contribution in [2.45, 2.75) is 13.8 Å². The molecule has 0 spiro atoms. The van der Waals surface area contributed by atoms with Gasteiger partial charge in [-0.1, -0.05) is 53.5 Å². The summed E-state index contributed by atoms with van der Waals surface area (Å²) in [5.41, 5.74) is 4.56. The zero-order valence-electron chi connectivity index (χ0n) is 14.4. The maximum absolute atomic E-state index is 6.18. The lowest BCUT2D eigenvalue weighted by atomic mass is 10.2. The second-order valence-corrected chi connectivity index (χ2v) is 6.52. The molecule has 0 atom stereocenters. The normalized spacial score (nSPS) is 12.3. The van der Waals surface area contributed by atoms with Gasteiger partial charge in [-0.15, -0.1) is 0 Å². The first-order valence-electron chi connectivity index (χ1n) is 8.12. The first-order chi connectivity index (χ1) is 12.5. The van der Waals surface area contributed by atoms with Crippen molar-refractivity contribution < 1.29 is 0 Å². The third-order valence-electron chi connectivity index (χ3n) is 3.77. The molecule has 0 aliphatic heterocycles. The number of para-hydroxylation sites is 2. The van der Waals surface area contributed by atoms with E-state index in [0.29, 0.717) is 10.0 Å². The third-order valence-corrected chi connectivity index (χ3v) is 4.41. The average molecular weight is 382 g/mol. The lowest BCUT2D eigenvalue weighted by molar-refractivity contribution is 1.24. The van der Waals surface area contributed by atoms with Gasteiger partial charge >= 0.3 is 0 Å². The van der Waals surface area contributed by atoms with Crippen LogP contribution in [0.4, 0.5) is 11.4 Å². The summed E-state index contributed by atoms with van der Waals surface area (Å²) in [5, 5.41) is 1.22. The summed E-state index contributed by atoms with van der Waals surface area (Å²) in [5.74, 6) is 0. The second-order valence-electron chi connectivity index (χ2n) is 5.71. The average Bonchev–Trinajstić information content (AvgIpc) is 2.65. The smallest absolute Gasteiger partial charge is 0.0849 e. The maximum atomic E-state index is 6.18. The van der Waals surface area contributed by atoms with Crippen molar-refractivity contribution in [3.05, 3.63) is 88.2 Å². The van der Waals surface area contributed by atoms with E-state index in [0.717, 1.165) is 34.2 Å². The Hall–Kier alpha value is -2.49. The number of hydrogen-bond acceptors (Lipinski definition) is 3. The van der Waals surface area contributed by atoms with Gasteiger partial charge in [-0.3, -0.25) is 0 Å². The van der Waals surface area contributed by atoms with E-state index in [9.17, 15) is 0 Å². The molecule has 26 heavy (non-hydrogen) atoms. The maximum Gasteiger partial charge on any atom is 0.0849 e. The highest BCUT2D eigenvalue weighted by Crippen LogP contribution is 2.25. The Morgan fingerprint density at radius 3 is 1.50 bits per heavy atom. The Morgan fingerprint density at radius 1 is 0.654 bits per heavy atom. The quantitative estimate of drug-likeness (QED) is 0.464. The highest BCUT2D eigenvalue weighted by molar-refractivity contribution is 6.33. The van der Waals surface area contributed by atoms with Crippen LogP contribution in [0.5, 0.6) is 0 Å². The fourth-order valence-corrected chi connectivity index (χ4v) is 2.75. The van der Waals surface area contributed by atoms with E-state index in [4.69, 9.17) is 23.2 Å². The Labute approximate surface area is 163 Å². The predicted molar refractivity (Wildman–Crippen MR) is 111 cm³/mol. The summed E-state index contributed by atoms with van der Waals surface area (Å²) < 4.78 is 0. The minimum absolute atomic E-state index is 0.611. The number of nitrogens with zero attached hydrogens (tertiary/aromatic N) is 3. The van der Waals surface area contributed by atoms with Gasteiger partial charge in [0.05, 0.1) is 44.2 Å². The minimum atomic E-state index is 0.611. The fourth-order valence-electron chi connectivity index (χ4n) is 2.40. The van der Waals surface area contributed by atoms with E-state index in [1.807, 2.05) is 80.6 Å². The first-order valence-corrected chi connectivity index (χ1v) is 8.87. The molecule has 0 saturated heterocycles. The summed E-state index contributed by atoms with van der Waals surface area (Å²) in [7, 11) is 0. The molecule has 3 rings (SSSR count). The Morgan fingerprint density at radius 2 is 1.08 bits per heavy atom. The molecule has 0 bridgehead atoms. The van der Waals surface area contributed by atoms with Crippen LogP contribution in [0.2, 0.25) is 10.0 Å². The van der Waals surface area contributed by atoms with E-state index < -0.39 is 0 Å². The number of rotatable bonds is 4. The lowest BCUT2D eigenvalue weighted by Crippen LogP contribution is -2.05. The molecular formula is C21H17Cl2N3. The van der Waals surface area contributed by atoms with Crippen molar-refractivity contribution in [1.29, 1.82) is 0 Å². The van der Waals surface area contributed by atoms with Crippen LogP contribution >= 0.6 is 23.2 Å². The second kappa shape index (κ2) is 8.26. The number of pyridine rings is 1. The van der Waals surface area contributed by atoms with E-state index >= 15 is 0 Å². The van der Waals surface area contributed by atoms with Crippen molar-refractivity contribution in [2.24, 2.45) is 9.98 Å². The van der Waals surface area contributed by atoms with Crippen molar-refractivity contribution >= 4 is 46.0 Å². The molecule has 0 aliphatic carbocycles. The van der Waals surface area contributed by atoms with Crippen molar-refractivity contribution in [3.63, 3.8) is 0 Å². The standard InChI is InChI=1S/C21H17Cl2N3/c1-14(24-20-10-5-3-8-16(20)22)18-12-7-13-19(26-18)15(2)25-21-11-6-4-9-17(21)23/h3-13H,1-2H3/b24-14+,25-15+. The van der Waals surface area contributed by atoms with Gasteiger partial charge in [0.2, 0.25) is 0 Å². The Balaban J connectivity index is 1.93. The number of benzene rings is 2. The highest BCUT2D eigenvalue weighted by Gasteiger charge is 2.06. The van der Waals surface area contributed by atoms with Crippen LogP contribution in [0, 0.1) is 0 Å². The highest BCUT2D eigenvalue weighted by atomic mass is 35.5. The van der Waals surface area contributed by atoms with E-state index in [2.05, 4.69) is 15.0 Å².